The molecule has 3 N–H and O–H groups in total. The lowest BCUT2D eigenvalue weighted by molar-refractivity contribution is 0.00570. The highest BCUT2D eigenvalue weighted by Crippen LogP contribution is 2.21. The number of carbonyl (C=O) groups is 1. The van der Waals surface area contributed by atoms with Gasteiger partial charge >= 0.3 is 6.03 Å². The molecule has 16 heavy (non-hydrogen) atoms. The fourth-order valence-electron chi connectivity index (χ4n) is 1.71. The second-order valence-electron chi connectivity index (χ2n) is 4.40. The van der Waals surface area contributed by atoms with E-state index in [9.17, 15) is 9.90 Å². The summed E-state index contributed by atoms with van der Waals surface area (Å²) in [6, 6.07) is -0.142. The van der Waals surface area contributed by atoms with E-state index in [0.717, 1.165) is 0 Å². The number of anilines is 1. The normalized spacial score (nSPS) is 19.5. The van der Waals surface area contributed by atoms with Gasteiger partial charge in [-0.15, -0.1) is 0 Å². The summed E-state index contributed by atoms with van der Waals surface area (Å²) in [5.41, 5.74) is 0.0224. The van der Waals surface area contributed by atoms with Crippen molar-refractivity contribution in [1.82, 2.24) is 15.1 Å². The molecule has 1 aromatic rings. The maximum atomic E-state index is 11.8. The second-order valence-corrected chi connectivity index (χ2v) is 4.40. The van der Waals surface area contributed by atoms with Crippen LogP contribution < -0.4 is 5.32 Å². The Morgan fingerprint density at radius 1 is 1.62 bits per heavy atom. The van der Waals surface area contributed by atoms with Crippen LogP contribution in [0.1, 0.15) is 19.8 Å². The van der Waals surface area contributed by atoms with E-state index >= 15 is 0 Å². The van der Waals surface area contributed by atoms with Gasteiger partial charge in [-0.1, -0.05) is 0 Å². The van der Waals surface area contributed by atoms with Gasteiger partial charge in [0.2, 0.25) is 0 Å². The molecule has 1 fully saturated rings. The molecule has 0 unspecified atom stereocenters. The third-order valence-corrected chi connectivity index (χ3v) is 2.88. The largest absolute Gasteiger partial charge is 0.390 e. The van der Waals surface area contributed by atoms with Crippen molar-refractivity contribution in [2.24, 2.45) is 0 Å². The minimum absolute atomic E-state index is 0.142. The zero-order valence-electron chi connectivity index (χ0n) is 9.23. The second kappa shape index (κ2) is 4.13. The molecule has 0 aromatic carbocycles. The van der Waals surface area contributed by atoms with Crippen LogP contribution in [0.2, 0.25) is 0 Å². The Labute approximate surface area is 93.6 Å². The van der Waals surface area contributed by atoms with Crippen LogP contribution in [0.3, 0.4) is 0 Å². The number of aromatic amines is 1. The highest BCUT2D eigenvalue weighted by atomic mass is 16.3. The van der Waals surface area contributed by atoms with Gasteiger partial charge in [-0.2, -0.15) is 5.10 Å². The molecule has 0 atom stereocenters. The van der Waals surface area contributed by atoms with Crippen LogP contribution in [0.5, 0.6) is 0 Å². The fraction of sp³-hybridized carbons (Fsp3) is 0.600. The monoisotopic (exact) mass is 224 g/mol. The maximum Gasteiger partial charge on any atom is 0.321 e. The number of likely N-dealkylation sites (tertiary alicyclic amines) is 1. The maximum absolute atomic E-state index is 11.8. The Bertz CT molecular complexity index is 351. The minimum Gasteiger partial charge on any atom is -0.390 e. The predicted octanol–water partition coefficient (Wildman–Crippen LogP) is 0.788. The van der Waals surface area contributed by atoms with Gasteiger partial charge in [0.1, 0.15) is 0 Å². The van der Waals surface area contributed by atoms with Gasteiger partial charge in [0, 0.05) is 19.3 Å². The smallest absolute Gasteiger partial charge is 0.321 e. The van der Waals surface area contributed by atoms with Gasteiger partial charge < -0.3 is 15.3 Å². The minimum atomic E-state index is -0.633. The third kappa shape index (κ3) is 2.52. The number of piperidine rings is 1. The van der Waals surface area contributed by atoms with E-state index < -0.39 is 5.60 Å². The van der Waals surface area contributed by atoms with E-state index in [2.05, 4.69) is 15.5 Å². The summed E-state index contributed by atoms with van der Waals surface area (Å²) in [4.78, 5) is 13.5. The molecule has 0 spiro atoms. The number of nitrogens with zero attached hydrogens (tertiary/aromatic N) is 2. The summed E-state index contributed by atoms with van der Waals surface area (Å²) in [5, 5.41) is 18.9. The van der Waals surface area contributed by atoms with Crippen LogP contribution >= 0.6 is 0 Å². The van der Waals surface area contributed by atoms with Gasteiger partial charge in [0.15, 0.2) is 0 Å². The fourth-order valence-corrected chi connectivity index (χ4v) is 1.71. The van der Waals surface area contributed by atoms with E-state index in [0.29, 0.717) is 31.6 Å². The van der Waals surface area contributed by atoms with E-state index in [1.165, 1.54) is 0 Å². The van der Waals surface area contributed by atoms with Crippen LogP contribution in [-0.4, -0.2) is 44.9 Å². The van der Waals surface area contributed by atoms with E-state index in [4.69, 9.17) is 0 Å². The quantitative estimate of drug-likeness (QED) is 0.659. The summed E-state index contributed by atoms with van der Waals surface area (Å²) < 4.78 is 0. The number of urea groups is 1. The molecular formula is C10H16N4O2. The number of aromatic nitrogens is 2. The molecule has 1 aromatic heterocycles. The van der Waals surface area contributed by atoms with Crippen molar-refractivity contribution in [3.63, 3.8) is 0 Å². The molecule has 88 valence electrons. The zero-order valence-corrected chi connectivity index (χ0v) is 9.23. The lowest BCUT2D eigenvalue weighted by Crippen LogP contribution is -2.46. The van der Waals surface area contributed by atoms with Crippen molar-refractivity contribution < 1.29 is 9.90 Å². The molecule has 2 heterocycles. The lowest BCUT2D eigenvalue weighted by Gasteiger charge is -2.35. The highest BCUT2D eigenvalue weighted by Gasteiger charge is 2.29. The van der Waals surface area contributed by atoms with E-state index in [1.54, 1.807) is 24.2 Å². The summed E-state index contributed by atoms with van der Waals surface area (Å²) in [5.74, 6) is 0. The summed E-state index contributed by atoms with van der Waals surface area (Å²) in [6.45, 7) is 2.96. The first-order valence-corrected chi connectivity index (χ1v) is 5.34. The molecule has 0 bridgehead atoms. The lowest BCUT2D eigenvalue weighted by atomic mass is 9.94. The molecule has 2 amide bonds. The van der Waals surface area contributed by atoms with Gasteiger partial charge in [-0.25, -0.2) is 4.79 Å². The summed E-state index contributed by atoms with van der Waals surface area (Å²) >= 11 is 0. The molecule has 0 radical (unpaired) electrons. The Hall–Kier alpha value is -1.56. The van der Waals surface area contributed by atoms with Gasteiger partial charge in [-0.3, -0.25) is 5.10 Å². The van der Waals surface area contributed by atoms with Crippen LogP contribution in [0.4, 0.5) is 10.5 Å². The number of aliphatic hydroxyl groups is 1. The molecule has 1 saturated heterocycles. The first-order chi connectivity index (χ1) is 7.57. The molecule has 1 aliphatic heterocycles. The summed E-state index contributed by atoms with van der Waals surface area (Å²) in [7, 11) is 0. The molecule has 6 heteroatoms. The van der Waals surface area contributed by atoms with Crippen LogP contribution in [0.25, 0.3) is 0 Å². The number of amides is 2. The Morgan fingerprint density at radius 2 is 2.31 bits per heavy atom. The SMILES string of the molecule is CC1(O)CCN(C(=O)Nc2cn[nH]c2)CC1. The van der Waals surface area contributed by atoms with Crippen LogP contribution in [0, 0.1) is 0 Å². The Morgan fingerprint density at radius 3 is 2.88 bits per heavy atom. The topological polar surface area (TPSA) is 81.2 Å². The van der Waals surface area contributed by atoms with Crippen molar-refractivity contribution in [3.8, 4) is 0 Å². The molecule has 2 rings (SSSR count). The Kier molecular flexibility index (Phi) is 2.82. The number of carbonyl (C=O) groups excluding carboxylic acids is 1. The standard InChI is InChI=1S/C10H16N4O2/c1-10(16)2-4-14(5-3-10)9(15)13-8-6-11-12-7-8/h6-7,16H,2-5H2,1H3,(H,11,12)(H,13,15). The molecule has 6 nitrogen and oxygen atoms in total. The number of hydrogen-bond donors (Lipinski definition) is 3. The number of nitrogens with one attached hydrogen (secondary N) is 2. The zero-order chi connectivity index (χ0) is 11.6. The van der Waals surface area contributed by atoms with E-state index in [-0.39, 0.29) is 6.03 Å². The Balaban J connectivity index is 1.87. The van der Waals surface area contributed by atoms with Gasteiger partial charge in [0.05, 0.1) is 17.5 Å². The summed E-state index contributed by atoms with van der Waals surface area (Å²) in [6.07, 6.45) is 4.41. The first kappa shape index (κ1) is 10.9. The number of H-pyrrole nitrogens is 1. The van der Waals surface area contributed by atoms with Gasteiger partial charge in [0.25, 0.3) is 0 Å². The number of rotatable bonds is 1. The van der Waals surface area contributed by atoms with Gasteiger partial charge in [-0.05, 0) is 19.8 Å². The highest BCUT2D eigenvalue weighted by molar-refractivity contribution is 5.89. The first-order valence-electron chi connectivity index (χ1n) is 5.34. The average Bonchev–Trinajstić information content (AvgIpc) is 2.70. The third-order valence-electron chi connectivity index (χ3n) is 2.88. The molecule has 1 aliphatic rings. The molecule has 0 saturated carbocycles. The predicted molar refractivity (Wildman–Crippen MR) is 59.0 cm³/mol. The average molecular weight is 224 g/mol. The van der Waals surface area contributed by atoms with Crippen molar-refractivity contribution in [1.29, 1.82) is 0 Å². The van der Waals surface area contributed by atoms with Crippen molar-refractivity contribution in [2.75, 3.05) is 18.4 Å². The molecular weight excluding hydrogens is 208 g/mol. The van der Waals surface area contributed by atoms with Crippen LogP contribution in [0.15, 0.2) is 12.4 Å². The van der Waals surface area contributed by atoms with Crippen LogP contribution in [-0.2, 0) is 0 Å². The van der Waals surface area contributed by atoms with E-state index in [1.807, 2.05) is 0 Å². The van der Waals surface area contributed by atoms with Crippen molar-refractivity contribution >= 4 is 11.7 Å². The van der Waals surface area contributed by atoms with Crippen molar-refractivity contribution in [2.45, 2.75) is 25.4 Å². The van der Waals surface area contributed by atoms with Crippen molar-refractivity contribution in [3.05, 3.63) is 12.4 Å². The number of hydrogen-bond acceptors (Lipinski definition) is 3. The molecule has 0 aliphatic carbocycles.